The van der Waals surface area contributed by atoms with Crippen LogP contribution in [0.3, 0.4) is 0 Å². The Hall–Kier alpha value is -3.73. The molecule has 0 spiro atoms. The molecule has 0 atom stereocenters. The number of aromatic carboxylic acids is 1. The second kappa shape index (κ2) is 7.95. The highest BCUT2D eigenvalue weighted by atomic mass is 32.1. The van der Waals surface area contributed by atoms with Crippen molar-refractivity contribution in [2.45, 2.75) is 6.18 Å². The molecule has 0 bridgehead atoms. The summed E-state index contributed by atoms with van der Waals surface area (Å²) in [6.07, 6.45) is -0.123. The lowest BCUT2D eigenvalue weighted by molar-refractivity contribution is -0.145. The number of carbonyl (C=O) groups is 2. The number of amides is 1. The number of thiophene rings is 1. The first-order chi connectivity index (χ1) is 14.2. The highest BCUT2D eigenvalue weighted by molar-refractivity contribution is 7.15. The Morgan fingerprint density at radius 1 is 1.20 bits per heavy atom. The number of halogens is 3. The van der Waals surface area contributed by atoms with Crippen LogP contribution in [0.15, 0.2) is 41.4 Å². The molecule has 3 rings (SSSR count). The van der Waals surface area contributed by atoms with Crippen LogP contribution in [-0.4, -0.2) is 27.0 Å². The van der Waals surface area contributed by atoms with Crippen LogP contribution in [-0.2, 0) is 6.18 Å². The summed E-state index contributed by atoms with van der Waals surface area (Å²) < 4.78 is 43.3. The summed E-state index contributed by atoms with van der Waals surface area (Å²) in [6.45, 7) is 7.15. The largest absolute Gasteiger partial charge is 0.478 e. The summed E-state index contributed by atoms with van der Waals surface area (Å²) in [5.74, 6) is -3.22. The summed E-state index contributed by atoms with van der Waals surface area (Å²) in [6, 6.07) is 1.41. The molecule has 154 valence electrons. The van der Waals surface area contributed by atoms with Gasteiger partial charge in [0.1, 0.15) is 16.3 Å². The summed E-state index contributed by atoms with van der Waals surface area (Å²) in [5, 5.41) is 13.4. The number of carboxylic acid groups (broad SMARTS) is 1. The molecule has 0 radical (unpaired) electrons. The minimum absolute atomic E-state index is 0.0286. The van der Waals surface area contributed by atoms with Crippen molar-refractivity contribution in [2.75, 3.05) is 5.32 Å². The Morgan fingerprint density at radius 2 is 1.87 bits per heavy atom. The van der Waals surface area contributed by atoms with Crippen LogP contribution in [0.2, 0.25) is 0 Å². The predicted octanol–water partition coefficient (Wildman–Crippen LogP) is 5.05. The lowest BCUT2D eigenvalue weighted by Crippen LogP contribution is -2.13. The minimum atomic E-state index is -4.72. The third-order valence-electron chi connectivity index (χ3n) is 3.87. The third-order valence-corrected chi connectivity index (χ3v) is 4.76. The molecule has 30 heavy (non-hydrogen) atoms. The van der Waals surface area contributed by atoms with Crippen LogP contribution in [0.25, 0.3) is 23.3 Å². The fraction of sp³-hybridized carbons (Fsp3) is 0.0526. The van der Waals surface area contributed by atoms with Crippen molar-refractivity contribution in [3.63, 3.8) is 0 Å². The number of carbonyl (C=O) groups excluding carboxylic acids is 1. The zero-order valence-electron chi connectivity index (χ0n) is 15.0. The average molecular weight is 435 g/mol. The minimum Gasteiger partial charge on any atom is -0.478 e. The Labute approximate surface area is 171 Å². The molecule has 2 N–H and O–H groups in total. The van der Waals surface area contributed by atoms with E-state index in [0.717, 1.165) is 23.7 Å². The van der Waals surface area contributed by atoms with Crippen molar-refractivity contribution in [1.29, 1.82) is 0 Å². The molecule has 0 aliphatic rings. The maximum atomic E-state index is 12.6. The van der Waals surface area contributed by atoms with E-state index in [1.165, 1.54) is 23.6 Å². The van der Waals surface area contributed by atoms with Gasteiger partial charge in [-0.25, -0.2) is 14.8 Å². The van der Waals surface area contributed by atoms with E-state index in [9.17, 15) is 27.9 Å². The predicted molar refractivity (Wildman–Crippen MR) is 104 cm³/mol. The Kier molecular flexibility index (Phi) is 5.56. The van der Waals surface area contributed by atoms with Crippen molar-refractivity contribution >= 4 is 40.4 Å². The van der Waals surface area contributed by atoms with Crippen LogP contribution in [0.5, 0.6) is 0 Å². The molecule has 0 saturated carbocycles. The molecular weight excluding hydrogens is 423 g/mol. The van der Waals surface area contributed by atoms with Gasteiger partial charge in [0, 0.05) is 34.5 Å². The fourth-order valence-electron chi connectivity index (χ4n) is 2.50. The SMILES string of the molecule is C=Cc1cc(C(=O)Nc2scc(-c3cnc(C(F)(F)F)nc3)c2C(=O)O)oc1C=C. The molecule has 7 nitrogen and oxygen atoms in total. The van der Waals surface area contributed by atoms with Gasteiger partial charge in [0.2, 0.25) is 5.82 Å². The second-order valence-corrected chi connectivity index (χ2v) is 6.62. The van der Waals surface area contributed by atoms with Gasteiger partial charge in [-0.05, 0) is 12.1 Å². The van der Waals surface area contributed by atoms with Crippen LogP contribution >= 0.6 is 11.3 Å². The van der Waals surface area contributed by atoms with Crippen LogP contribution in [0.1, 0.15) is 38.1 Å². The molecule has 0 unspecified atom stereocenters. The number of hydrogen-bond donors (Lipinski definition) is 2. The summed E-state index contributed by atoms with van der Waals surface area (Å²) in [7, 11) is 0. The van der Waals surface area contributed by atoms with E-state index in [0.29, 0.717) is 11.3 Å². The number of anilines is 1. The van der Waals surface area contributed by atoms with Crippen molar-refractivity contribution in [3.05, 3.63) is 65.5 Å². The van der Waals surface area contributed by atoms with Gasteiger partial charge >= 0.3 is 12.1 Å². The van der Waals surface area contributed by atoms with E-state index in [2.05, 4.69) is 28.4 Å². The Morgan fingerprint density at radius 3 is 2.37 bits per heavy atom. The van der Waals surface area contributed by atoms with E-state index in [4.69, 9.17) is 4.42 Å². The number of rotatable bonds is 6. The first-order valence-corrected chi connectivity index (χ1v) is 8.98. The van der Waals surface area contributed by atoms with Crippen LogP contribution in [0, 0.1) is 0 Å². The van der Waals surface area contributed by atoms with Gasteiger partial charge in [-0.3, -0.25) is 4.79 Å². The lowest BCUT2D eigenvalue weighted by atomic mass is 10.1. The zero-order chi connectivity index (χ0) is 22.1. The summed E-state index contributed by atoms with van der Waals surface area (Å²) in [4.78, 5) is 30.7. The molecule has 1 amide bonds. The first kappa shape index (κ1) is 21.0. The van der Waals surface area contributed by atoms with Crippen LogP contribution in [0.4, 0.5) is 18.2 Å². The van der Waals surface area contributed by atoms with Gasteiger partial charge in [-0.1, -0.05) is 19.2 Å². The molecule has 3 aromatic heterocycles. The lowest BCUT2D eigenvalue weighted by Gasteiger charge is -2.06. The number of nitrogens with one attached hydrogen (secondary N) is 1. The van der Waals surface area contributed by atoms with Crippen molar-refractivity contribution in [1.82, 2.24) is 9.97 Å². The number of aromatic nitrogens is 2. The maximum absolute atomic E-state index is 12.6. The Balaban J connectivity index is 1.94. The standard InChI is InChI=1S/C19H12F3N3O4S/c1-3-9-5-13(29-12(9)4-2)15(26)25-16-14(17(27)28)11(8-30-16)10-6-23-18(24-7-10)19(20,21)22/h3-8H,1-2H2,(H,25,26)(H,27,28). The number of furan rings is 1. The third kappa shape index (κ3) is 4.01. The topological polar surface area (TPSA) is 105 Å². The highest BCUT2D eigenvalue weighted by Crippen LogP contribution is 2.36. The van der Waals surface area contributed by atoms with Gasteiger partial charge < -0.3 is 14.8 Å². The van der Waals surface area contributed by atoms with E-state index >= 15 is 0 Å². The molecule has 0 aliphatic carbocycles. The number of nitrogens with zero attached hydrogens (tertiary/aromatic N) is 2. The van der Waals surface area contributed by atoms with E-state index in [-0.39, 0.29) is 27.5 Å². The van der Waals surface area contributed by atoms with Gasteiger partial charge in [0.05, 0.1) is 0 Å². The Bertz CT molecular complexity index is 1120. The van der Waals surface area contributed by atoms with Crippen LogP contribution < -0.4 is 5.32 Å². The monoisotopic (exact) mass is 435 g/mol. The molecule has 0 fully saturated rings. The van der Waals surface area contributed by atoms with Gasteiger partial charge in [0.15, 0.2) is 5.76 Å². The number of alkyl halides is 3. The average Bonchev–Trinajstić information content (AvgIpc) is 3.31. The van der Waals surface area contributed by atoms with Crippen molar-refractivity contribution in [3.8, 4) is 11.1 Å². The van der Waals surface area contributed by atoms with Gasteiger partial charge in [0.25, 0.3) is 5.91 Å². The molecule has 3 aromatic rings. The van der Waals surface area contributed by atoms with Gasteiger partial charge in [-0.15, -0.1) is 11.3 Å². The molecule has 0 aromatic carbocycles. The molecule has 0 saturated heterocycles. The summed E-state index contributed by atoms with van der Waals surface area (Å²) >= 11 is 0.882. The number of carboxylic acids is 1. The maximum Gasteiger partial charge on any atom is 0.451 e. The molecular formula is C19H12F3N3O4S. The summed E-state index contributed by atoms with van der Waals surface area (Å²) in [5.41, 5.74) is 0.339. The fourth-order valence-corrected chi connectivity index (χ4v) is 3.46. The van der Waals surface area contributed by atoms with Crippen molar-refractivity contribution in [2.24, 2.45) is 0 Å². The zero-order valence-corrected chi connectivity index (χ0v) is 15.8. The molecule has 3 heterocycles. The molecule has 0 aliphatic heterocycles. The van der Waals surface area contributed by atoms with E-state index in [1.807, 2.05) is 0 Å². The second-order valence-electron chi connectivity index (χ2n) is 5.74. The number of hydrogen-bond acceptors (Lipinski definition) is 6. The van der Waals surface area contributed by atoms with Crippen molar-refractivity contribution < 1.29 is 32.3 Å². The normalized spacial score (nSPS) is 11.2. The van der Waals surface area contributed by atoms with Gasteiger partial charge in [-0.2, -0.15) is 13.2 Å². The highest BCUT2D eigenvalue weighted by Gasteiger charge is 2.34. The smallest absolute Gasteiger partial charge is 0.451 e. The van der Waals surface area contributed by atoms with E-state index in [1.54, 1.807) is 0 Å². The van der Waals surface area contributed by atoms with E-state index < -0.39 is 23.9 Å². The quantitative estimate of drug-likeness (QED) is 0.561. The first-order valence-electron chi connectivity index (χ1n) is 8.10. The molecule has 11 heteroatoms.